The van der Waals surface area contributed by atoms with Crippen LogP contribution in [0.2, 0.25) is 0 Å². The summed E-state index contributed by atoms with van der Waals surface area (Å²) in [6, 6.07) is 16.1. The number of benzene rings is 2. The lowest BCUT2D eigenvalue weighted by Crippen LogP contribution is -2.02. The van der Waals surface area contributed by atoms with Crippen molar-refractivity contribution in [1.82, 2.24) is 9.78 Å². The largest absolute Gasteiger partial charge is 0.383 e. The molecule has 0 aliphatic rings. The molecule has 4 heteroatoms. The second kappa shape index (κ2) is 5.40. The van der Waals surface area contributed by atoms with Crippen molar-refractivity contribution in [2.45, 2.75) is 13.3 Å². The van der Waals surface area contributed by atoms with Gasteiger partial charge in [-0.3, -0.25) is 0 Å². The molecule has 0 saturated heterocycles. The second-order valence-corrected chi connectivity index (χ2v) is 4.82. The molecule has 0 unspecified atom stereocenters. The molecule has 1 aromatic heterocycles. The van der Waals surface area contributed by atoms with Crippen LogP contribution in [-0.2, 0) is 6.42 Å². The summed E-state index contributed by atoms with van der Waals surface area (Å²) in [5.74, 6) is 0.371. The Balaban J connectivity index is 2.16. The van der Waals surface area contributed by atoms with Gasteiger partial charge in [-0.15, -0.1) is 0 Å². The van der Waals surface area contributed by atoms with Gasteiger partial charge in [-0.1, -0.05) is 25.1 Å². The van der Waals surface area contributed by atoms with E-state index < -0.39 is 0 Å². The number of anilines is 1. The predicted molar refractivity (Wildman–Crippen MR) is 82.7 cm³/mol. The van der Waals surface area contributed by atoms with E-state index in [0.29, 0.717) is 5.82 Å². The molecule has 2 N–H and O–H groups in total. The van der Waals surface area contributed by atoms with E-state index in [4.69, 9.17) is 5.73 Å². The summed E-state index contributed by atoms with van der Waals surface area (Å²) in [4.78, 5) is 0. The van der Waals surface area contributed by atoms with Gasteiger partial charge in [-0.05, 0) is 42.8 Å². The zero-order valence-corrected chi connectivity index (χ0v) is 11.8. The standard InChI is InChI=1S/C17H16FN3/c1-2-15-16(12-8-10-13(18)11-9-12)20-21(17(15)19)14-6-4-3-5-7-14/h3-11H,2,19H2,1H3. The molecule has 21 heavy (non-hydrogen) atoms. The maximum atomic E-state index is 13.1. The third kappa shape index (κ3) is 2.40. The SMILES string of the molecule is CCc1c(-c2ccc(F)cc2)nn(-c2ccccc2)c1N. The molecule has 0 atom stereocenters. The average Bonchev–Trinajstić information content (AvgIpc) is 2.85. The van der Waals surface area contributed by atoms with E-state index in [9.17, 15) is 4.39 Å². The number of hydrogen-bond acceptors (Lipinski definition) is 2. The zero-order chi connectivity index (χ0) is 14.8. The summed E-state index contributed by atoms with van der Waals surface area (Å²) in [6.07, 6.45) is 0.769. The van der Waals surface area contributed by atoms with Crippen LogP contribution in [-0.4, -0.2) is 9.78 Å². The number of halogens is 1. The monoisotopic (exact) mass is 281 g/mol. The zero-order valence-electron chi connectivity index (χ0n) is 11.8. The van der Waals surface area contributed by atoms with Crippen LogP contribution in [0, 0.1) is 5.82 Å². The first-order valence-corrected chi connectivity index (χ1v) is 6.89. The van der Waals surface area contributed by atoms with Crippen molar-refractivity contribution in [3.63, 3.8) is 0 Å². The molecule has 0 aliphatic heterocycles. The minimum absolute atomic E-state index is 0.257. The van der Waals surface area contributed by atoms with Crippen LogP contribution in [0.25, 0.3) is 16.9 Å². The van der Waals surface area contributed by atoms with Crippen LogP contribution in [0.15, 0.2) is 54.6 Å². The summed E-state index contributed by atoms with van der Waals surface area (Å²) < 4.78 is 14.8. The molecule has 0 spiro atoms. The van der Waals surface area contributed by atoms with E-state index in [1.54, 1.807) is 16.8 Å². The molecule has 1 heterocycles. The fourth-order valence-corrected chi connectivity index (χ4v) is 2.42. The maximum absolute atomic E-state index is 13.1. The molecule has 3 aromatic rings. The first kappa shape index (κ1) is 13.4. The van der Waals surface area contributed by atoms with Gasteiger partial charge in [0.05, 0.1) is 11.4 Å². The van der Waals surface area contributed by atoms with Crippen LogP contribution >= 0.6 is 0 Å². The third-order valence-electron chi connectivity index (χ3n) is 3.50. The van der Waals surface area contributed by atoms with Gasteiger partial charge < -0.3 is 5.73 Å². The van der Waals surface area contributed by atoms with Gasteiger partial charge in [0.15, 0.2) is 0 Å². The van der Waals surface area contributed by atoms with E-state index in [2.05, 4.69) is 5.10 Å². The highest BCUT2D eigenvalue weighted by molar-refractivity contribution is 5.69. The molecule has 3 nitrogen and oxygen atoms in total. The van der Waals surface area contributed by atoms with Crippen LogP contribution in [0.4, 0.5) is 10.2 Å². The topological polar surface area (TPSA) is 43.8 Å². The summed E-state index contributed by atoms with van der Waals surface area (Å²) >= 11 is 0. The fourth-order valence-electron chi connectivity index (χ4n) is 2.42. The van der Waals surface area contributed by atoms with Crippen molar-refractivity contribution < 1.29 is 4.39 Å². The predicted octanol–water partition coefficient (Wildman–Crippen LogP) is 3.82. The Labute approximate surface area is 122 Å². The molecule has 0 bridgehead atoms. The number of nitrogen functional groups attached to an aromatic ring is 1. The van der Waals surface area contributed by atoms with Crippen molar-refractivity contribution in [3.05, 3.63) is 66.0 Å². The maximum Gasteiger partial charge on any atom is 0.131 e. The molecular weight excluding hydrogens is 265 g/mol. The van der Waals surface area contributed by atoms with Gasteiger partial charge in [-0.25, -0.2) is 9.07 Å². The van der Waals surface area contributed by atoms with Gasteiger partial charge in [-0.2, -0.15) is 5.10 Å². The van der Waals surface area contributed by atoms with E-state index >= 15 is 0 Å². The normalized spacial score (nSPS) is 10.8. The average molecular weight is 281 g/mol. The first-order valence-electron chi connectivity index (χ1n) is 6.89. The highest BCUT2D eigenvalue weighted by Crippen LogP contribution is 2.29. The first-order chi connectivity index (χ1) is 10.2. The Hall–Kier alpha value is -2.62. The minimum atomic E-state index is -0.257. The number of rotatable bonds is 3. The Morgan fingerprint density at radius 2 is 1.71 bits per heavy atom. The van der Waals surface area contributed by atoms with Crippen molar-refractivity contribution in [3.8, 4) is 16.9 Å². The van der Waals surface area contributed by atoms with E-state index in [-0.39, 0.29) is 5.82 Å². The minimum Gasteiger partial charge on any atom is -0.383 e. The van der Waals surface area contributed by atoms with E-state index in [1.165, 1.54) is 12.1 Å². The van der Waals surface area contributed by atoms with Crippen molar-refractivity contribution in [2.75, 3.05) is 5.73 Å². The van der Waals surface area contributed by atoms with E-state index in [1.807, 2.05) is 37.3 Å². The highest BCUT2D eigenvalue weighted by Gasteiger charge is 2.16. The third-order valence-corrected chi connectivity index (χ3v) is 3.50. The van der Waals surface area contributed by atoms with Gasteiger partial charge >= 0.3 is 0 Å². The van der Waals surface area contributed by atoms with Crippen LogP contribution in [0.5, 0.6) is 0 Å². The van der Waals surface area contributed by atoms with Gasteiger partial charge in [0, 0.05) is 11.1 Å². The summed E-state index contributed by atoms with van der Waals surface area (Å²) in [6.45, 7) is 2.04. The lowest BCUT2D eigenvalue weighted by molar-refractivity contribution is 0.628. The highest BCUT2D eigenvalue weighted by atomic mass is 19.1. The molecule has 0 radical (unpaired) electrons. The van der Waals surface area contributed by atoms with Crippen molar-refractivity contribution in [2.24, 2.45) is 0 Å². The molecule has 0 amide bonds. The lowest BCUT2D eigenvalue weighted by Gasteiger charge is -2.03. The van der Waals surface area contributed by atoms with Crippen molar-refractivity contribution in [1.29, 1.82) is 0 Å². The summed E-state index contributed by atoms with van der Waals surface area (Å²) in [5, 5.41) is 4.62. The van der Waals surface area contributed by atoms with Crippen LogP contribution < -0.4 is 5.73 Å². The Morgan fingerprint density at radius 1 is 1.05 bits per heavy atom. The quantitative estimate of drug-likeness (QED) is 0.793. The number of nitrogens with two attached hydrogens (primary N) is 1. The molecule has 0 fully saturated rings. The van der Waals surface area contributed by atoms with Crippen molar-refractivity contribution >= 4 is 5.82 Å². The molecule has 0 aliphatic carbocycles. The molecule has 2 aromatic carbocycles. The Morgan fingerprint density at radius 3 is 2.33 bits per heavy atom. The Kier molecular flexibility index (Phi) is 3.44. The Bertz CT molecular complexity index is 746. The fraction of sp³-hybridized carbons (Fsp3) is 0.118. The number of hydrogen-bond donors (Lipinski definition) is 1. The smallest absolute Gasteiger partial charge is 0.131 e. The molecule has 0 saturated carbocycles. The molecule has 106 valence electrons. The van der Waals surface area contributed by atoms with E-state index in [0.717, 1.165) is 28.9 Å². The second-order valence-electron chi connectivity index (χ2n) is 4.82. The number of aromatic nitrogens is 2. The molecule has 3 rings (SSSR count). The van der Waals surface area contributed by atoms with Crippen LogP contribution in [0.1, 0.15) is 12.5 Å². The summed E-state index contributed by atoms with van der Waals surface area (Å²) in [5.41, 5.74) is 9.81. The lowest BCUT2D eigenvalue weighted by atomic mass is 10.1. The number of nitrogens with zero attached hydrogens (tertiary/aromatic N) is 2. The van der Waals surface area contributed by atoms with Crippen LogP contribution in [0.3, 0.4) is 0 Å². The van der Waals surface area contributed by atoms with Gasteiger partial charge in [0.25, 0.3) is 0 Å². The molecular formula is C17H16FN3. The van der Waals surface area contributed by atoms with Gasteiger partial charge in [0.2, 0.25) is 0 Å². The summed E-state index contributed by atoms with van der Waals surface area (Å²) in [7, 11) is 0. The number of para-hydroxylation sites is 1. The van der Waals surface area contributed by atoms with Gasteiger partial charge in [0.1, 0.15) is 11.6 Å².